The van der Waals surface area contributed by atoms with Gasteiger partial charge in [-0.3, -0.25) is 0 Å². The van der Waals surface area contributed by atoms with Crippen LogP contribution in [-0.4, -0.2) is 17.0 Å². The van der Waals surface area contributed by atoms with Crippen LogP contribution in [0.15, 0.2) is 24.3 Å². The highest BCUT2D eigenvalue weighted by Crippen LogP contribution is 2.25. The third kappa shape index (κ3) is 3.62. The van der Waals surface area contributed by atoms with E-state index in [1.54, 1.807) is 6.07 Å². The molecule has 0 spiro atoms. The molecule has 0 bridgehead atoms. The zero-order valence-corrected chi connectivity index (χ0v) is 10.8. The third-order valence-electron chi connectivity index (χ3n) is 3.59. The maximum absolute atomic E-state index is 9.40. The van der Waals surface area contributed by atoms with Gasteiger partial charge in [-0.25, -0.2) is 0 Å². The molecule has 0 aliphatic heterocycles. The van der Waals surface area contributed by atoms with Crippen molar-refractivity contribution in [3.63, 3.8) is 0 Å². The highest BCUT2D eigenvalue weighted by molar-refractivity contribution is 6.18. The van der Waals surface area contributed by atoms with Crippen molar-refractivity contribution in [2.24, 2.45) is 5.92 Å². The summed E-state index contributed by atoms with van der Waals surface area (Å²) in [5.74, 6) is 1.68. The molecule has 2 N–H and O–H groups in total. The topological polar surface area (TPSA) is 32.3 Å². The van der Waals surface area contributed by atoms with Crippen LogP contribution in [0.2, 0.25) is 0 Å². The van der Waals surface area contributed by atoms with Crippen molar-refractivity contribution in [2.75, 3.05) is 5.88 Å². The molecule has 0 saturated heterocycles. The molecular formula is C14H20ClNO. The van der Waals surface area contributed by atoms with Crippen LogP contribution in [0.1, 0.15) is 31.2 Å². The van der Waals surface area contributed by atoms with E-state index < -0.39 is 0 Å². The van der Waals surface area contributed by atoms with Crippen molar-refractivity contribution < 1.29 is 5.11 Å². The minimum atomic E-state index is 0.335. The number of alkyl halides is 1. The summed E-state index contributed by atoms with van der Waals surface area (Å²) < 4.78 is 0. The van der Waals surface area contributed by atoms with Crippen molar-refractivity contribution in [3.05, 3.63) is 29.8 Å². The van der Waals surface area contributed by atoms with E-state index in [9.17, 15) is 5.11 Å². The fourth-order valence-electron chi connectivity index (χ4n) is 2.58. The monoisotopic (exact) mass is 253 g/mol. The second kappa shape index (κ2) is 6.27. The molecule has 94 valence electrons. The van der Waals surface area contributed by atoms with Crippen LogP contribution in [0.4, 0.5) is 0 Å². The lowest BCUT2D eigenvalue weighted by Gasteiger charge is -2.31. The molecule has 3 heteroatoms. The van der Waals surface area contributed by atoms with Crippen LogP contribution in [-0.2, 0) is 6.54 Å². The van der Waals surface area contributed by atoms with E-state index in [-0.39, 0.29) is 0 Å². The van der Waals surface area contributed by atoms with Gasteiger partial charge in [0.2, 0.25) is 0 Å². The van der Waals surface area contributed by atoms with Crippen LogP contribution in [0.5, 0.6) is 5.75 Å². The average molecular weight is 254 g/mol. The van der Waals surface area contributed by atoms with Crippen LogP contribution in [0, 0.1) is 5.92 Å². The minimum Gasteiger partial charge on any atom is -0.508 e. The Balaban J connectivity index is 1.88. The Hall–Kier alpha value is -0.730. The molecule has 2 unspecified atom stereocenters. The SMILES string of the molecule is Oc1cccc(CNC2CCCCC2CCl)c1. The number of hydrogen-bond acceptors (Lipinski definition) is 2. The molecule has 2 nitrogen and oxygen atoms in total. The smallest absolute Gasteiger partial charge is 0.115 e. The molecule has 1 aliphatic carbocycles. The number of rotatable bonds is 4. The van der Waals surface area contributed by atoms with Crippen LogP contribution >= 0.6 is 11.6 Å². The lowest BCUT2D eigenvalue weighted by atomic mass is 9.85. The number of aromatic hydroxyl groups is 1. The lowest BCUT2D eigenvalue weighted by Crippen LogP contribution is -2.38. The Bertz CT molecular complexity index is 356. The quantitative estimate of drug-likeness (QED) is 0.808. The predicted octanol–water partition coefficient (Wildman–Crippen LogP) is 3.28. The minimum absolute atomic E-state index is 0.335. The van der Waals surface area contributed by atoms with Crippen molar-refractivity contribution in [1.29, 1.82) is 0 Å². The van der Waals surface area contributed by atoms with Gasteiger partial charge in [0, 0.05) is 18.5 Å². The fourth-order valence-corrected chi connectivity index (χ4v) is 2.95. The predicted molar refractivity (Wildman–Crippen MR) is 71.4 cm³/mol. The molecule has 0 aromatic heterocycles. The summed E-state index contributed by atoms with van der Waals surface area (Å²) in [7, 11) is 0. The van der Waals surface area contributed by atoms with Crippen molar-refractivity contribution in [2.45, 2.75) is 38.3 Å². The summed E-state index contributed by atoms with van der Waals surface area (Å²) in [6, 6.07) is 7.96. The molecule has 1 saturated carbocycles. The van der Waals surface area contributed by atoms with Crippen LogP contribution in [0.25, 0.3) is 0 Å². The van der Waals surface area contributed by atoms with E-state index in [1.165, 1.54) is 25.7 Å². The summed E-state index contributed by atoms with van der Waals surface area (Å²) in [6.45, 7) is 0.812. The molecule has 1 aromatic carbocycles. The molecule has 0 radical (unpaired) electrons. The summed E-state index contributed by atoms with van der Waals surface area (Å²) in [5, 5.41) is 13.0. The van der Waals surface area contributed by atoms with Gasteiger partial charge in [-0.1, -0.05) is 25.0 Å². The zero-order chi connectivity index (χ0) is 12.1. The lowest BCUT2D eigenvalue weighted by molar-refractivity contribution is 0.282. The Morgan fingerprint density at radius 3 is 2.88 bits per heavy atom. The molecule has 1 aliphatic rings. The van der Waals surface area contributed by atoms with Crippen molar-refractivity contribution >= 4 is 11.6 Å². The summed E-state index contributed by atoms with van der Waals surface area (Å²) in [5.41, 5.74) is 1.13. The van der Waals surface area contributed by atoms with Gasteiger partial charge in [0.25, 0.3) is 0 Å². The number of halogens is 1. The number of phenols is 1. The molecule has 1 fully saturated rings. The van der Waals surface area contributed by atoms with Gasteiger partial charge < -0.3 is 10.4 Å². The molecule has 17 heavy (non-hydrogen) atoms. The second-order valence-electron chi connectivity index (χ2n) is 4.86. The Morgan fingerprint density at radius 2 is 2.12 bits per heavy atom. The summed E-state index contributed by atoms with van der Waals surface area (Å²) >= 11 is 6.00. The Kier molecular flexibility index (Phi) is 4.69. The highest BCUT2D eigenvalue weighted by atomic mass is 35.5. The van der Waals surface area contributed by atoms with Crippen molar-refractivity contribution in [3.8, 4) is 5.75 Å². The van der Waals surface area contributed by atoms with Crippen LogP contribution < -0.4 is 5.32 Å². The number of nitrogens with one attached hydrogen (secondary N) is 1. The summed E-state index contributed by atoms with van der Waals surface area (Å²) in [6.07, 6.45) is 5.06. The van der Waals surface area contributed by atoms with E-state index in [0.717, 1.165) is 18.0 Å². The first-order valence-electron chi connectivity index (χ1n) is 6.37. The molecule has 1 aromatic rings. The van der Waals surface area contributed by atoms with Gasteiger partial charge in [-0.2, -0.15) is 0 Å². The zero-order valence-electron chi connectivity index (χ0n) is 10.0. The first-order chi connectivity index (χ1) is 8.29. The van der Waals surface area contributed by atoms with Gasteiger partial charge in [-0.05, 0) is 36.5 Å². The summed E-state index contributed by atoms with van der Waals surface area (Å²) in [4.78, 5) is 0. The standard InChI is InChI=1S/C14H20ClNO/c15-9-12-5-1-2-7-14(12)16-10-11-4-3-6-13(17)8-11/h3-4,6,8,12,14,16-17H,1-2,5,7,9-10H2. The number of benzene rings is 1. The first-order valence-corrected chi connectivity index (χ1v) is 6.90. The van der Waals surface area contributed by atoms with Crippen molar-refractivity contribution in [1.82, 2.24) is 5.32 Å². The van der Waals surface area contributed by atoms with Gasteiger partial charge in [0.05, 0.1) is 0 Å². The highest BCUT2D eigenvalue weighted by Gasteiger charge is 2.23. The molecule has 0 heterocycles. The van der Waals surface area contributed by atoms with E-state index in [2.05, 4.69) is 5.32 Å². The van der Waals surface area contributed by atoms with Crippen LogP contribution in [0.3, 0.4) is 0 Å². The molecule has 2 rings (SSSR count). The van der Waals surface area contributed by atoms with E-state index in [4.69, 9.17) is 11.6 Å². The van der Waals surface area contributed by atoms with Gasteiger partial charge in [0.1, 0.15) is 5.75 Å². The first kappa shape index (κ1) is 12.7. The van der Waals surface area contributed by atoms with Gasteiger partial charge in [0.15, 0.2) is 0 Å². The van der Waals surface area contributed by atoms with E-state index >= 15 is 0 Å². The van der Waals surface area contributed by atoms with E-state index in [0.29, 0.717) is 17.7 Å². The molecule has 0 amide bonds. The van der Waals surface area contributed by atoms with Gasteiger partial charge in [-0.15, -0.1) is 11.6 Å². The number of hydrogen-bond donors (Lipinski definition) is 2. The largest absolute Gasteiger partial charge is 0.508 e. The van der Waals surface area contributed by atoms with Gasteiger partial charge >= 0.3 is 0 Å². The fraction of sp³-hybridized carbons (Fsp3) is 0.571. The van der Waals surface area contributed by atoms with E-state index in [1.807, 2.05) is 18.2 Å². The second-order valence-corrected chi connectivity index (χ2v) is 5.16. The molecule has 2 atom stereocenters. The normalized spacial score (nSPS) is 24.8. The maximum Gasteiger partial charge on any atom is 0.115 e. The third-order valence-corrected chi connectivity index (χ3v) is 3.98. The number of phenolic OH excluding ortho intramolecular Hbond substituents is 1. The maximum atomic E-state index is 9.40. The Morgan fingerprint density at radius 1 is 1.29 bits per heavy atom. The Labute approximate surface area is 108 Å². The molecular weight excluding hydrogens is 234 g/mol. The average Bonchev–Trinajstić information content (AvgIpc) is 2.37.